The molecule has 2 amide bonds. The number of carboxylic acids is 1. The first kappa shape index (κ1) is 19.7. The van der Waals surface area contributed by atoms with E-state index in [4.69, 9.17) is 5.73 Å². The van der Waals surface area contributed by atoms with E-state index in [1.54, 1.807) is 0 Å². The Morgan fingerprint density at radius 3 is 2.73 bits per heavy atom. The Balaban J connectivity index is 0.00000242. The van der Waals surface area contributed by atoms with Crippen molar-refractivity contribution in [3.63, 3.8) is 0 Å². The summed E-state index contributed by atoms with van der Waals surface area (Å²) in [4.78, 5) is 34.7. The van der Waals surface area contributed by atoms with E-state index in [-0.39, 0.29) is 41.9 Å². The van der Waals surface area contributed by atoms with Crippen molar-refractivity contribution in [1.29, 1.82) is 0 Å². The van der Waals surface area contributed by atoms with Crippen LogP contribution in [0, 0.1) is 5.92 Å². The number of hydrogen-bond donors (Lipinski definition) is 2. The maximum absolute atomic E-state index is 11.9. The number of nitrogens with zero attached hydrogens (tertiary/aromatic N) is 1. The summed E-state index contributed by atoms with van der Waals surface area (Å²) >= 11 is 2.33. The van der Waals surface area contributed by atoms with Crippen LogP contribution in [0.15, 0.2) is 9.93 Å². The van der Waals surface area contributed by atoms with Crippen LogP contribution in [0.25, 0.3) is 0 Å². The summed E-state index contributed by atoms with van der Waals surface area (Å²) in [5.41, 5.74) is 4.63. The molecule has 0 aliphatic carbocycles. The average molecular weight is 356 g/mol. The molecule has 0 aromatic rings. The van der Waals surface area contributed by atoms with E-state index in [9.17, 15) is 24.6 Å². The molecule has 3 N–H and O–H groups in total. The first-order valence-corrected chi connectivity index (χ1v) is 7.89. The third-order valence-electron chi connectivity index (χ3n) is 3.02. The number of aliphatic carboxylic acids is 1. The van der Waals surface area contributed by atoms with Gasteiger partial charge in [0.15, 0.2) is 0 Å². The molecular formula is C11H13N2NaO6S2. The van der Waals surface area contributed by atoms with Crippen molar-refractivity contribution in [3.05, 3.63) is 9.93 Å². The summed E-state index contributed by atoms with van der Waals surface area (Å²) in [6, 6.07) is 0. The zero-order valence-electron chi connectivity index (χ0n) is 12.0. The molecule has 2 aliphatic heterocycles. The Bertz CT molecular complexity index is 527. The molecule has 0 unspecified atom stereocenters. The first-order chi connectivity index (χ1) is 9.84. The van der Waals surface area contributed by atoms with Crippen molar-refractivity contribution in [2.75, 3.05) is 12.4 Å². The molecule has 0 saturated carbocycles. The largest absolute Gasteiger partial charge is 1.00 e. The fourth-order valence-electron chi connectivity index (χ4n) is 2.12. The standard InChI is InChI=1S/C11H14N2O6S2.Na/c1-4(14)5-7(15)13-6(9(16)17)10(21-8(5)13)20-3-2-19-11(12)18;/h4-5,8,14H,2-3H2,1H3,(H2,12,18)(H,16,17);/q;+1/p-1/t4-,5-,8+;/m0./s1. The number of hydrogen-bond acceptors (Lipinski definition) is 8. The van der Waals surface area contributed by atoms with E-state index in [1.165, 1.54) is 18.7 Å². The van der Waals surface area contributed by atoms with Crippen molar-refractivity contribution in [2.45, 2.75) is 18.4 Å². The summed E-state index contributed by atoms with van der Waals surface area (Å²) in [5.74, 6) is -2.19. The van der Waals surface area contributed by atoms with Crippen molar-refractivity contribution in [2.24, 2.45) is 11.7 Å². The number of amides is 2. The van der Waals surface area contributed by atoms with Crippen LogP contribution in [0.4, 0.5) is 4.79 Å². The maximum Gasteiger partial charge on any atom is 1.00 e. The molecule has 0 spiro atoms. The van der Waals surface area contributed by atoms with E-state index < -0.39 is 35.4 Å². The van der Waals surface area contributed by atoms with Crippen LogP contribution in [0.5, 0.6) is 0 Å². The van der Waals surface area contributed by atoms with Crippen molar-refractivity contribution >= 4 is 41.5 Å². The van der Waals surface area contributed by atoms with Crippen LogP contribution >= 0.6 is 23.5 Å². The second-order valence-electron chi connectivity index (χ2n) is 4.42. The van der Waals surface area contributed by atoms with E-state index in [1.807, 2.05) is 0 Å². The molecule has 8 nitrogen and oxygen atoms in total. The molecule has 1 fully saturated rings. The summed E-state index contributed by atoms with van der Waals surface area (Å²) in [7, 11) is 0. The number of rotatable bonds is 6. The van der Waals surface area contributed by atoms with Crippen LogP contribution in [0.1, 0.15) is 6.92 Å². The van der Waals surface area contributed by atoms with Gasteiger partial charge < -0.3 is 25.5 Å². The van der Waals surface area contributed by atoms with Crippen molar-refractivity contribution < 1.29 is 58.9 Å². The van der Waals surface area contributed by atoms with Crippen LogP contribution in [-0.2, 0) is 14.3 Å². The van der Waals surface area contributed by atoms with Gasteiger partial charge >= 0.3 is 35.7 Å². The molecule has 3 atom stereocenters. The molecule has 116 valence electrons. The van der Waals surface area contributed by atoms with Gasteiger partial charge in [0, 0.05) is 5.75 Å². The molecule has 1 saturated heterocycles. The zero-order chi connectivity index (χ0) is 15.7. The summed E-state index contributed by atoms with van der Waals surface area (Å²) in [5, 5.41) is 20.3. The number of aliphatic hydroxyl groups is 1. The number of ether oxygens (including phenoxy) is 1. The second-order valence-corrected chi connectivity index (χ2v) is 6.91. The van der Waals surface area contributed by atoms with Gasteiger partial charge in [0.1, 0.15) is 12.0 Å². The smallest absolute Gasteiger partial charge is 0.543 e. The first-order valence-electron chi connectivity index (χ1n) is 6.03. The predicted molar refractivity (Wildman–Crippen MR) is 73.4 cm³/mol. The van der Waals surface area contributed by atoms with Gasteiger partial charge in [0.05, 0.1) is 27.9 Å². The zero-order valence-corrected chi connectivity index (χ0v) is 15.6. The van der Waals surface area contributed by atoms with Crippen molar-refractivity contribution in [1.82, 2.24) is 4.90 Å². The Hall–Kier alpha value is -0.390. The van der Waals surface area contributed by atoms with Gasteiger partial charge in [-0.25, -0.2) is 4.79 Å². The average Bonchev–Trinajstić information content (AvgIpc) is 2.68. The molecule has 2 aliphatic rings. The van der Waals surface area contributed by atoms with Gasteiger partial charge in [-0.05, 0) is 6.92 Å². The second kappa shape index (κ2) is 7.93. The normalized spacial score (nSPS) is 24.3. The topological polar surface area (TPSA) is 133 Å². The SMILES string of the molecule is C[C@H](O)[C@H]1C(=O)N2C(C(=O)[O-])=C(SCCOC(N)=O)S[C@H]12.[Na+]. The van der Waals surface area contributed by atoms with E-state index >= 15 is 0 Å². The van der Waals surface area contributed by atoms with Gasteiger partial charge in [-0.3, -0.25) is 9.69 Å². The van der Waals surface area contributed by atoms with Crippen LogP contribution < -0.4 is 40.4 Å². The van der Waals surface area contributed by atoms with Gasteiger partial charge in [-0.2, -0.15) is 0 Å². The molecule has 0 radical (unpaired) electrons. The Morgan fingerprint density at radius 2 is 2.23 bits per heavy atom. The predicted octanol–water partition coefficient (Wildman–Crippen LogP) is -4.35. The third kappa shape index (κ3) is 3.74. The minimum atomic E-state index is -1.44. The van der Waals surface area contributed by atoms with Crippen LogP contribution in [-0.4, -0.2) is 51.8 Å². The molecule has 2 rings (SSSR count). The number of β-lactam (4-membered cyclic amide) rings is 1. The van der Waals surface area contributed by atoms with Crippen molar-refractivity contribution in [3.8, 4) is 0 Å². The van der Waals surface area contributed by atoms with Crippen LogP contribution in [0.3, 0.4) is 0 Å². The molecule has 2 heterocycles. The Labute approximate surface area is 157 Å². The monoisotopic (exact) mass is 356 g/mol. The molecule has 11 heteroatoms. The van der Waals surface area contributed by atoms with Crippen LogP contribution in [0.2, 0.25) is 0 Å². The summed E-state index contributed by atoms with van der Waals surface area (Å²) in [6.45, 7) is 1.52. The number of fused-ring (bicyclic) bond motifs is 1. The van der Waals surface area contributed by atoms with Gasteiger partial charge in [0.2, 0.25) is 5.91 Å². The summed E-state index contributed by atoms with van der Waals surface area (Å²) < 4.78 is 4.96. The summed E-state index contributed by atoms with van der Waals surface area (Å²) in [6.07, 6.45) is -1.76. The number of carbonyl (C=O) groups excluding carboxylic acids is 3. The van der Waals surface area contributed by atoms with E-state index in [2.05, 4.69) is 4.74 Å². The van der Waals surface area contributed by atoms with E-state index in [0.29, 0.717) is 9.99 Å². The quantitative estimate of drug-likeness (QED) is 0.277. The number of nitrogens with two attached hydrogens (primary N) is 1. The van der Waals surface area contributed by atoms with Gasteiger partial charge in [-0.15, -0.1) is 11.8 Å². The molecular weight excluding hydrogens is 343 g/mol. The molecule has 0 aromatic carbocycles. The number of carboxylic acid groups (broad SMARTS) is 1. The fraction of sp³-hybridized carbons (Fsp3) is 0.545. The van der Waals surface area contributed by atoms with E-state index in [0.717, 1.165) is 16.7 Å². The minimum absolute atomic E-state index is 0. The number of primary amides is 1. The van der Waals surface area contributed by atoms with Gasteiger partial charge in [-0.1, -0.05) is 11.8 Å². The molecule has 0 aromatic heterocycles. The minimum Gasteiger partial charge on any atom is -0.543 e. The number of aliphatic hydroxyl groups excluding tert-OH is 1. The molecule has 22 heavy (non-hydrogen) atoms. The maximum atomic E-state index is 11.9. The van der Waals surface area contributed by atoms with Gasteiger partial charge in [0.25, 0.3) is 0 Å². The third-order valence-corrected chi connectivity index (χ3v) is 5.64. The Morgan fingerprint density at radius 1 is 1.59 bits per heavy atom. The fourth-order valence-corrected chi connectivity index (χ4v) is 4.93. The number of thioether (sulfide) groups is 2. The number of carbonyl (C=O) groups is 3. The molecule has 0 bridgehead atoms. The Kier molecular flexibility index (Phi) is 7.09.